The highest BCUT2D eigenvalue weighted by molar-refractivity contribution is 6.35. The van der Waals surface area contributed by atoms with Gasteiger partial charge in [-0.15, -0.1) is 0 Å². The lowest BCUT2D eigenvalue weighted by atomic mass is 9.96. The predicted octanol–water partition coefficient (Wildman–Crippen LogP) is 3.26. The molecule has 0 unspecified atom stereocenters. The molecule has 0 aliphatic rings. The van der Waals surface area contributed by atoms with Gasteiger partial charge in [0.15, 0.2) is 5.92 Å². The Labute approximate surface area is 116 Å². The van der Waals surface area contributed by atoms with Crippen LogP contribution >= 0.6 is 23.2 Å². The van der Waals surface area contributed by atoms with E-state index in [4.69, 9.17) is 27.9 Å². The number of hydrogen-bond acceptors (Lipinski definition) is 3. The number of ketones is 1. The van der Waals surface area contributed by atoms with E-state index in [0.29, 0.717) is 15.6 Å². The minimum atomic E-state index is -0.601. The van der Waals surface area contributed by atoms with Gasteiger partial charge in [0.25, 0.3) is 0 Å². The van der Waals surface area contributed by atoms with Gasteiger partial charge in [0.2, 0.25) is 0 Å². The van der Waals surface area contributed by atoms with Crippen molar-refractivity contribution in [2.24, 2.45) is 0 Å². The van der Waals surface area contributed by atoms with Gasteiger partial charge in [-0.3, -0.25) is 9.59 Å². The van der Waals surface area contributed by atoms with E-state index >= 15 is 0 Å². The summed E-state index contributed by atoms with van der Waals surface area (Å²) in [6, 6.07) is 4.92. The second-order valence-corrected chi connectivity index (χ2v) is 4.51. The molecule has 0 fully saturated rings. The van der Waals surface area contributed by atoms with E-state index in [0.717, 1.165) is 0 Å². The Bertz CT molecular complexity index is 458. The molecule has 1 aromatic carbocycles. The van der Waals surface area contributed by atoms with Crippen LogP contribution in [0.2, 0.25) is 10.0 Å². The topological polar surface area (TPSA) is 43.4 Å². The van der Waals surface area contributed by atoms with Gasteiger partial charge in [0, 0.05) is 10.0 Å². The third-order valence-corrected chi connectivity index (χ3v) is 2.92. The van der Waals surface area contributed by atoms with Crippen molar-refractivity contribution in [3.8, 4) is 0 Å². The summed E-state index contributed by atoms with van der Waals surface area (Å²) in [5.41, 5.74) is 0.666. The summed E-state index contributed by atoms with van der Waals surface area (Å²) < 4.78 is 4.84. The maximum atomic E-state index is 11.6. The highest BCUT2D eigenvalue weighted by atomic mass is 35.5. The maximum Gasteiger partial charge on any atom is 0.321 e. The van der Waals surface area contributed by atoms with Crippen LogP contribution in [0.4, 0.5) is 0 Å². The molecule has 0 heterocycles. The van der Waals surface area contributed by atoms with Crippen LogP contribution in [0.25, 0.3) is 0 Å². The zero-order chi connectivity index (χ0) is 13.7. The van der Waals surface area contributed by atoms with E-state index in [1.165, 1.54) is 6.92 Å². The number of rotatable bonds is 5. The fourth-order valence-corrected chi connectivity index (χ4v) is 1.89. The first-order valence-electron chi connectivity index (χ1n) is 5.43. The van der Waals surface area contributed by atoms with Crippen molar-refractivity contribution in [3.63, 3.8) is 0 Å². The predicted molar refractivity (Wildman–Crippen MR) is 70.7 cm³/mol. The highest BCUT2D eigenvalue weighted by Gasteiger charge is 2.27. The van der Waals surface area contributed by atoms with E-state index in [1.54, 1.807) is 25.1 Å². The molecule has 0 amide bonds. The van der Waals surface area contributed by atoms with Crippen LogP contribution in [0.15, 0.2) is 18.2 Å². The Morgan fingerprint density at radius 2 is 1.94 bits per heavy atom. The number of esters is 1. The summed E-state index contributed by atoms with van der Waals surface area (Å²) >= 11 is 11.8. The molecule has 0 atom stereocenters. The number of hydrogen-bond donors (Lipinski definition) is 0. The largest absolute Gasteiger partial charge is 0.465 e. The summed E-state index contributed by atoms with van der Waals surface area (Å²) in [5.74, 6) is -0.837. The third-order valence-electron chi connectivity index (χ3n) is 2.33. The molecular formula is C13H13Cl2O3. The molecule has 0 saturated carbocycles. The van der Waals surface area contributed by atoms with Gasteiger partial charge in [-0.25, -0.2) is 0 Å². The minimum absolute atomic E-state index is 0.0843. The highest BCUT2D eigenvalue weighted by Crippen LogP contribution is 2.24. The molecule has 1 aromatic rings. The molecule has 97 valence electrons. The van der Waals surface area contributed by atoms with E-state index in [2.05, 4.69) is 0 Å². The fraction of sp³-hybridized carbons (Fsp3) is 0.308. The van der Waals surface area contributed by atoms with Crippen molar-refractivity contribution in [1.29, 1.82) is 0 Å². The average molecular weight is 288 g/mol. The first-order valence-corrected chi connectivity index (χ1v) is 6.19. The zero-order valence-electron chi connectivity index (χ0n) is 10.1. The summed E-state index contributed by atoms with van der Waals surface area (Å²) in [7, 11) is 0. The first kappa shape index (κ1) is 15.0. The van der Waals surface area contributed by atoms with Crippen LogP contribution in [0, 0.1) is 5.92 Å². The number of halogens is 2. The standard InChI is InChI=1S/C13H13Cl2O3/c1-3-18-13(17)11(8(2)16)6-9-4-5-10(14)7-12(9)15/h4-5,7H,3,6H2,1-2H3. The number of carbonyl (C=O) groups is 2. The van der Waals surface area contributed by atoms with Crippen molar-refractivity contribution in [2.75, 3.05) is 6.61 Å². The van der Waals surface area contributed by atoms with Crippen LogP contribution in [0.5, 0.6) is 0 Å². The van der Waals surface area contributed by atoms with E-state index in [9.17, 15) is 9.59 Å². The Balaban J connectivity index is 2.90. The van der Waals surface area contributed by atoms with E-state index in [1.807, 2.05) is 0 Å². The molecule has 0 spiro atoms. The molecule has 1 rings (SSSR count). The van der Waals surface area contributed by atoms with Crippen molar-refractivity contribution in [1.82, 2.24) is 0 Å². The van der Waals surface area contributed by atoms with Crippen LogP contribution in [-0.4, -0.2) is 18.4 Å². The van der Waals surface area contributed by atoms with E-state index in [-0.39, 0.29) is 24.7 Å². The average Bonchev–Trinajstić information content (AvgIpc) is 2.27. The number of carbonyl (C=O) groups excluding carboxylic acids is 2. The maximum absolute atomic E-state index is 11.6. The number of benzene rings is 1. The lowest BCUT2D eigenvalue weighted by molar-refractivity contribution is -0.142. The molecule has 0 saturated heterocycles. The Hall–Kier alpha value is -1.06. The molecule has 0 aromatic heterocycles. The molecule has 3 nitrogen and oxygen atoms in total. The van der Waals surface area contributed by atoms with Crippen LogP contribution in [0.1, 0.15) is 19.4 Å². The number of Topliss-reactive ketones (excluding diaryl/α,β-unsaturated/α-hetero) is 1. The molecule has 5 heteroatoms. The SMILES string of the molecule is CCOC(=O)[C](Cc1ccc(Cl)cc1Cl)C(C)=O. The molecule has 0 aliphatic heterocycles. The van der Waals surface area contributed by atoms with Crippen LogP contribution in [-0.2, 0) is 20.7 Å². The fourth-order valence-electron chi connectivity index (χ4n) is 1.41. The third kappa shape index (κ3) is 4.00. The summed E-state index contributed by atoms with van der Waals surface area (Å²) in [5, 5.41) is 0.926. The van der Waals surface area contributed by atoms with E-state index < -0.39 is 5.97 Å². The monoisotopic (exact) mass is 287 g/mol. The van der Waals surface area contributed by atoms with Gasteiger partial charge >= 0.3 is 5.97 Å². The van der Waals surface area contributed by atoms with Crippen molar-refractivity contribution in [2.45, 2.75) is 20.3 Å². The summed E-state index contributed by atoms with van der Waals surface area (Å²) in [4.78, 5) is 23.1. The Morgan fingerprint density at radius 1 is 1.28 bits per heavy atom. The molecule has 0 aliphatic carbocycles. The van der Waals surface area contributed by atoms with Gasteiger partial charge in [0.05, 0.1) is 6.61 Å². The second-order valence-electron chi connectivity index (χ2n) is 3.67. The van der Waals surface area contributed by atoms with Crippen LogP contribution in [0.3, 0.4) is 0 Å². The van der Waals surface area contributed by atoms with Gasteiger partial charge in [-0.05, 0) is 38.0 Å². The quantitative estimate of drug-likeness (QED) is 0.617. The lowest BCUT2D eigenvalue weighted by Gasteiger charge is -2.12. The summed E-state index contributed by atoms with van der Waals surface area (Å²) in [6.07, 6.45) is 0.143. The smallest absolute Gasteiger partial charge is 0.321 e. The number of ether oxygens (including phenoxy) is 1. The molecular weight excluding hydrogens is 275 g/mol. The second kappa shape index (κ2) is 6.76. The molecule has 0 N–H and O–H groups in total. The van der Waals surface area contributed by atoms with Crippen molar-refractivity contribution < 1.29 is 14.3 Å². The molecule has 18 heavy (non-hydrogen) atoms. The van der Waals surface area contributed by atoms with Gasteiger partial charge in [0.1, 0.15) is 5.78 Å². The Morgan fingerprint density at radius 3 is 2.44 bits per heavy atom. The molecule has 0 bridgehead atoms. The van der Waals surface area contributed by atoms with Crippen molar-refractivity contribution in [3.05, 3.63) is 39.7 Å². The lowest BCUT2D eigenvalue weighted by Crippen LogP contribution is -2.24. The van der Waals surface area contributed by atoms with Gasteiger partial charge in [-0.1, -0.05) is 29.3 Å². The first-order chi connectivity index (χ1) is 8.45. The van der Waals surface area contributed by atoms with Crippen LogP contribution < -0.4 is 0 Å². The van der Waals surface area contributed by atoms with Gasteiger partial charge in [-0.2, -0.15) is 0 Å². The van der Waals surface area contributed by atoms with Gasteiger partial charge < -0.3 is 4.74 Å². The molecule has 1 radical (unpaired) electrons. The minimum Gasteiger partial charge on any atom is -0.465 e. The summed E-state index contributed by atoms with van der Waals surface area (Å²) in [6.45, 7) is 3.24. The van der Waals surface area contributed by atoms with Crippen molar-refractivity contribution >= 4 is 35.0 Å². The Kier molecular flexibility index (Phi) is 5.63. The normalized spacial score (nSPS) is 10.5. The zero-order valence-corrected chi connectivity index (χ0v) is 11.6.